The van der Waals surface area contributed by atoms with Crippen LogP contribution in [0.15, 0.2) is 54.7 Å². The van der Waals surface area contributed by atoms with Gasteiger partial charge in [-0.1, -0.05) is 48.0 Å². The summed E-state index contributed by atoms with van der Waals surface area (Å²) in [5.41, 5.74) is 0.858. The molecule has 4 aromatic rings. The zero-order chi connectivity index (χ0) is 28.8. The molecule has 0 aliphatic carbocycles. The number of pyridine rings is 1. The van der Waals surface area contributed by atoms with Gasteiger partial charge in [0.25, 0.3) is 0 Å². The molecule has 2 aromatic heterocycles. The summed E-state index contributed by atoms with van der Waals surface area (Å²) in [4.78, 5) is 32.5. The summed E-state index contributed by atoms with van der Waals surface area (Å²) in [5, 5.41) is 2.61. The number of likely N-dealkylation sites (tertiary alicyclic amines) is 1. The predicted octanol–water partition coefficient (Wildman–Crippen LogP) is 4.67. The number of hydrogen-bond donors (Lipinski definition) is 0. The number of nitrogens with zero attached hydrogens (tertiary/aromatic N) is 6. The first-order valence-electron chi connectivity index (χ1n) is 14.2. The van der Waals surface area contributed by atoms with Gasteiger partial charge in [-0.25, -0.2) is 4.39 Å². The molecule has 5 heterocycles. The van der Waals surface area contributed by atoms with E-state index >= 15 is 4.39 Å². The van der Waals surface area contributed by atoms with Crippen LogP contribution in [0.5, 0.6) is 6.01 Å². The largest absolute Gasteiger partial charge is 0.467 e. The van der Waals surface area contributed by atoms with Crippen molar-refractivity contribution < 1.29 is 18.7 Å². The summed E-state index contributed by atoms with van der Waals surface area (Å²) >= 11 is 6.52. The smallest absolute Gasteiger partial charge is 0.318 e. The van der Waals surface area contributed by atoms with Crippen LogP contribution in [-0.4, -0.2) is 89.4 Å². The number of carbonyl (C=O) groups excluding carboxylic acids is 1. The van der Waals surface area contributed by atoms with Crippen molar-refractivity contribution in [1.29, 1.82) is 0 Å². The molecule has 2 aromatic carbocycles. The second kappa shape index (κ2) is 11.1. The molecule has 0 saturated carbocycles. The number of rotatable bonds is 6. The molecule has 216 valence electrons. The Kier molecular flexibility index (Phi) is 7.13. The molecule has 42 heavy (non-hydrogen) atoms. The zero-order valence-corrected chi connectivity index (χ0v) is 23.9. The summed E-state index contributed by atoms with van der Waals surface area (Å²) < 4.78 is 27.4. The maximum Gasteiger partial charge on any atom is 0.318 e. The molecule has 2 atom stereocenters. The van der Waals surface area contributed by atoms with Gasteiger partial charge in [-0.05, 0) is 24.3 Å². The maximum absolute atomic E-state index is 16.2. The maximum atomic E-state index is 16.2. The van der Waals surface area contributed by atoms with Crippen LogP contribution >= 0.6 is 11.6 Å². The molecule has 7 rings (SSSR count). The van der Waals surface area contributed by atoms with Crippen molar-refractivity contribution in [2.75, 3.05) is 51.3 Å². The minimum atomic E-state index is -0.572. The summed E-state index contributed by atoms with van der Waals surface area (Å²) in [6, 6.07) is 11.2. The highest BCUT2D eigenvalue weighted by atomic mass is 35.5. The first kappa shape index (κ1) is 27.0. The van der Waals surface area contributed by atoms with E-state index in [-0.39, 0.29) is 29.4 Å². The molecule has 3 aliphatic heterocycles. The normalized spacial score (nSPS) is 20.8. The van der Waals surface area contributed by atoms with Gasteiger partial charge >= 0.3 is 6.01 Å². The van der Waals surface area contributed by atoms with Gasteiger partial charge < -0.3 is 19.3 Å². The number of hydrogen-bond acceptors (Lipinski definition) is 8. The van der Waals surface area contributed by atoms with Gasteiger partial charge in [0, 0.05) is 67.5 Å². The van der Waals surface area contributed by atoms with Crippen molar-refractivity contribution in [2.45, 2.75) is 25.2 Å². The number of aromatic nitrogens is 3. The highest BCUT2D eigenvalue weighted by Crippen LogP contribution is 2.37. The molecule has 1 amide bonds. The average Bonchev–Trinajstić information content (AvgIpc) is 3.65. The second-order valence-corrected chi connectivity index (χ2v) is 11.2. The van der Waals surface area contributed by atoms with Crippen molar-refractivity contribution >= 4 is 45.0 Å². The second-order valence-electron chi connectivity index (χ2n) is 10.8. The number of fused-ring (bicyclic) bond motifs is 4. The van der Waals surface area contributed by atoms with Crippen LogP contribution < -0.4 is 9.64 Å². The number of ether oxygens (including phenoxy) is 2. The van der Waals surface area contributed by atoms with E-state index in [1.807, 2.05) is 40.1 Å². The highest BCUT2D eigenvalue weighted by molar-refractivity contribution is 6.36. The number of methoxy groups -OCH3 is 1. The van der Waals surface area contributed by atoms with Gasteiger partial charge in [0.05, 0.1) is 18.6 Å². The average molecular weight is 589 g/mol. The number of halogens is 2. The molecule has 3 saturated heterocycles. The van der Waals surface area contributed by atoms with E-state index in [0.717, 1.165) is 30.2 Å². The van der Waals surface area contributed by atoms with E-state index in [4.69, 9.17) is 21.1 Å². The van der Waals surface area contributed by atoms with Gasteiger partial charge in [-0.15, -0.1) is 0 Å². The third-order valence-corrected chi connectivity index (χ3v) is 8.67. The van der Waals surface area contributed by atoms with Crippen LogP contribution in [0.2, 0.25) is 5.02 Å². The highest BCUT2D eigenvalue weighted by Gasteiger charge is 2.38. The predicted molar refractivity (Wildman–Crippen MR) is 159 cm³/mol. The van der Waals surface area contributed by atoms with E-state index in [9.17, 15) is 4.79 Å². The lowest BCUT2D eigenvalue weighted by molar-refractivity contribution is -0.126. The Labute approximate surface area is 247 Å². The fraction of sp³-hybridized carbons (Fsp3) is 0.355. The number of piperazine rings is 1. The molecule has 11 heteroatoms. The van der Waals surface area contributed by atoms with Crippen LogP contribution in [0.4, 0.5) is 10.2 Å². The van der Waals surface area contributed by atoms with Crippen LogP contribution in [0.3, 0.4) is 0 Å². The van der Waals surface area contributed by atoms with Gasteiger partial charge in [0.2, 0.25) is 5.91 Å². The number of amides is 1. The Hall–Kier alpha value is -3.86. The Morgan fingerprint density at radius 3 is 2.69 bits per heavy atom. The van der Waals surface area contributed by atoms with Crippen molar-refractivity contribution in [1.82, 2.24) is 24.8 Å². The van der Waals surface area contributed by atoms with Crippen molar-refractivity contribution in [3.63, 3.8) is 0 Å². The Bertz CT molecular complexity index is 1700. The summed E-state index contributed by atoms with van der Waals surface area (Å²) in [7, 11) is 1.46. The van der Waals surface area contributed by atoms with Gasteiger partial charge in [0.15, 0.2) is 5.82 Å². The Morgan fingerprint density at radius 2 is 1.95 bits per heavy atom. The SMILES string of the molecule is COc1nc(N2CCN(C(=O)/C=C/CN3CC4CCC3O4)CC2)c2cnc(-c3cccc4cccc(Cl)c34)c(F)c2n1. The molecular weight excluding hydrogens is 559 g/mol. The molecule has 0 N–H and O–H groups in total. The quantitative estimate of drug-likeness (QED) is 0.301. The van der Waals surface area contributed by atoms with Gasteiger partial charge in [-0.2, -0.15) is 9.97 Å². The summed E-state index contributed by atoms with van der Waals surface area (Å²) in [5.74, 6) is -0.0638. The van der Waals surface area contributed by atoms with Crippen molar-refractivity contribution in [3.05, 3.63) is 65.6 Å². The molecule has 3 fully saturated rings. The van der Waals surface area contributed by atoms with Crippen molar-refractivity contribution in [3.8, 4) is 17.3 Å². The number of carbonyl (C=O) groups is 1. The standard InChI is InChI=1S/C31H30ClFN6O3/c1-41-31-35-29-22(17-34-28(27(29)33)21-7-2-5-19-6-3-8-23(32)26(19)21)30(36-31)38-15-13-37(14-16-38)24(40)9-4-12-39-18-20-10-11-25(39)42-20/h2-9,17,20,25H,10-16,18H2,1H3/b9-4+. The van der Waals surface area contributed by atoms with E-state index in [1.165, 1.54) is 7.11 Å². The van der Waals surface area contributed by atoms with E-state index in [1.54, 1.807) is 24.4 Å². The van der Waals surface area contributed by atoms with Crippen LogP contribution in [0.25, 0.3) is 32.9 Å². The summed E-state index contributed by atoms with van der Waals surface area (Å²) in [6.07, 6.45) is 7.92. The molecule has 0 spiro atoms. The Balaban J connectivity index is 1.12. The molecule has 3 aliphatic rings. The lowest BCUT2D eigenvalue weighted by Gasteiger charge is -2.35. The molecule has 2 bridgehead atoms. The third kappa shape index (κ3) is 4.83. The van der Waals surface area contributed by atoms with Crippen LogP contribution in [0.1, 0.15) is 12.8 Å². The fourth-order valence-electron chi connectivity index (χ4n) is 6.23. The minimum Gasteiger partial charge on any atom is -0.467 e. The lowest BCUT2D eigenvalue weighted by atomic mass is 10.0. The summed E-state index contributed by atoms with van der Waals surface area (Å²) in [6.45, 7) is 3.73. The van der Waals surface area contributed by atoms with Gasteiger partial charge in [-0.3, -0.25) is 14.7 Å². The molecular formula is C31H30ClFN6O3. The van der Waals surface area contributed by atoms with Crippen LogP contribution in [0, 0.1) is 5.82 Å². The van der Waals surface area contributed by atoms with E-state index in [0.29, 0.717) is 60.6 Å². The van der Waals surface area contributed by atoms with Crippen LogP contribution in [-0.2, 0) is 9.53 Å². The third-order valence-electron chi connectivity index (χ3n) is 8.36. The monoisotopic (exact) mass is 588 g/mol. The number of piperidine rings is 1. The van der Waals surface area contributed by atoms with Crippen molar-refractivity contribution in [2.24, 2.45) is 0 Å². The first-order valence-corrected chi connectivity index (χ1v) is 14.6. The Morgan fingerprint density at radius 1 is 1.14 bits per heavy atom. The molecule has 2 unspecified atom stereocenters. The number of benzene rings is 2. The zero-order valence-electron chi connectivity index (χ0n) is 23.2. The molecule has 9 nitrogen and oxygen atoms in total. The molecule has 0 radical (unpaired) electrons. The lowest BCUT2D eigenvalue weighted by Crippen LogP contribution is -2.48. The number of anilines is 1. The topological polar surface area (TPSA) is 83.9 Å². The van der Waals surface area contributed by atoms with E-state index in [2.05, 4.69) is 19.9 Å². The first-order chi connectivity index (χ1) is 20.5. The fourth-order valence-corrected chi connectivity index (χ4v) is 6.51. The van der Waals surface area contributed by atoms with E-state index < -0.39 is 5.82 Å². The minimum absolute atomic E-state index is 0.0175. The van der Waals surface area contributed by atoms with Gasteiger partial charge in [0.1, 0.15) is 23.3 Å².